The molecule has 0 saturated carbocycles. The Morgan fingerprint density at radius 3 is 2.96 bits per heavy atom. The Kier molecular flexibility index (Phi) is 4.50. The Morgan fingerprint density at radius 1 is 1.38 bits per heavy atom. The highest BCUT2D eigenvalue weighted by Crippen LogP contribution is 2.28. The van der Waals surface area contributed by atoms with Gasteiger partial charge in [-0.05, 0) is 44.9 Å². The predicted octanol–water partition coefficient (Wildman–Crippen LogP) is 1.98. The first-order chi connectivity index (χ1) is 11.5. The monoisotopic (exact) mass is 329 g/mol. The van der Waals surface area contributed by atoms with Gasteiger partial charge in [-0.1, -0.05) is 5.16 Å². The molecule has 2 aromatic rings. The van der Waals surface area contributed by atoms with Crippen molar-refractivity contribution in [3.63, 3.8) is 0 Å². The van der Waals surface area contributed by atoms with Gasteiger partial charge in [0, 0.05) is 17.7 Å². The summed E-state index contributed by atoms with van der Waals surface area (Å²) in [6.07, 6.45) is 1.60. The number of carbonyl (C=O) groups is 2. The highest BCUT2D eigenvalue weighted by Gasteiger charge is 2.17. The second-order valence-electron chi connectivity index (χ2n) is 5.71. The van der Waals surface area contributed by atoms with Crippen LogP contribution in [0.25, 0.3) is 0 Å². The molecule has 126 valence electrons. The van der Waals surface area contributed by atoms with Crippen LogP contribution in [0.4, 0.5) is 5.69 Å². The average Bonchev–Trinajstić information content (AvgIpc) is 2.89. The molecule has 24 heavy (non-hydrogen) atoms. The number of hydrogen-bond donors (Lipinski definition) is 2. The predicted molar refractivity (Wildman–Crippen MR) is 87.2 cm³/mol. The van der Waals surface area contributed by atoms with Crippen molar-refractivity contribution in [2.24, 2.45) is 0 Å². The minimum Gasteiger partial charge on any atom is -0.482 e. The van der Waals surface area contributed by atoms with Gasteiger partial charge in [-0.15, -0.1) is 0 Å². The van der Waals surface area contributed by atoms with Crippen molar-refractivity contribution in [1.82, 2.24) is 10.5 Å². The van der Waals surface area contributed by atoms with Crippen LogP contribution in [0.15, 0.2) is 22.7 Å². The number of fused-ring (bicyclic) bond motifs is 1. The first-order valence-electron chi connectivity index (χ1n) is 7.81. The summed E-state index contributed by atoms with van der Waals surface area (Å²) >= 11 is 0. The maximum absolute atomic E-state index is 12.2. The molecule has 2 amide bonds. The van der Waals surface area contributed by atoms with Gasteiger partial charge in [0.1, 0.15) is 11.5 Å². The molecule has 7 nitrogen and oxygen atoms in total. The Balaban J connectivity index is 1.53. The molecule has 0 fully saturated rings. The summed E-state index contributed by atoms with van der Waals surface area (Å²) in [7, 11) is 0. The molecule has 0 radical (unpaired) electrons. The summed E-state index contributed by atoms with van der Waals surface area (Å²) in [4.78, 5) is 23.4. The summed E-state index contributed by atoms with van der Waals surface area (Å²) in [6, 6.07) is 4.97. The van der Waals surface area contributed by atoms with E-state index in [-0.39, 0.29) is 18.4 Å². The number of amides is 2. The number of anilines is 1. The quantitative estimate of drug-likeness (QED) is 0.818. The molecule has 2 N–H and O–H groups in total. The number of aryl methyl sites for hydroxylation is 2. The van der Waals surface area contributed by atoms with Crippen molar-refractivity contribution in [3.05, 3.63) is 40.8 Å². The number of nitrogens with zero attached hydrogens (tertiary/aromatic N) is 1. The summed E-state index contributed by atoms with van der Waals surface area (Å²) in [5, 5.41) is 9.49. The maximum atomic E-state index is 12.2. The van der Waals surface area contributed by atoms with Gasteiger partial charge in [0.05, 0.1) is 11.4 Å². The van der Waals surface area contributed by atoms with E-state index in [1.54, 1.807) is 18.2 Å². The van der Waals surface area contributed by atoms with E-state index in [9.17, 15) is 9.59 Å². The molecule has 0 saturated heterocycles. The minimum absolute atomic E-state index is 0.0322. The number of ether oxygens (including phenoxy) is 1. The van der Waals surface area contributed by atoms with Crippen molar-refractivity contribution >= 4 is 17.5 Å². The molecular weight excluding hydrogens is 310 g/mol. The Hall–Kier alpha value is -2.83. The molecule has 3 rings (SSSR count). The highest BCUT2D eigenvalue weighted by atomic mass is 16.5. The smallest absolute Gasteiger partial charge is 0.262 e. The fraction of sp³-hybridized carbons (Fsp3) is 0.353. The molecule has 1 aliphatic rings. The average molecular weight is 329 g/mol. The molecule has 1 aliphatic heterocycles. The SMILES string of the molecule is Cc1noc(C)c1CCCNC(=O)c1ccc2c(c1)OCC(=O)N2. The maximum Gasteiger partial charge on any atom is 0.262 e. The lowest BCUT2D eigenvalue weighted by Gasteiger charge is -2.18. The van der Waals surface area contributed by atoms with E-state index in [1.807, 2.05) is 13.8 Å². The third kappa shape index (κ3) is 3.40. The van der Waals surface area contributed by atoms with Gasteiger partial charge in [0.2, 0.25) is 0 Å². The number of nitrogens with one attached hydrogen (secondary N) is 2. The lowest BCUT2D eigenvalue weighted by molar-refractivity contribution is -0.118. The van der Waals surface area contributed by atoms with E-state index < -0.39 is 0 Å². The van der Waals surface area contributed by atoms with Crippen molar-refractivity contribution in [3.8, 4) is 5.75 Å². The van der Waals surface area contributed by atoms with Gasteiger partial charge in [0.15, 0.2) is 6.61 Å². The number of benzene rings is 1. The fourth-order valence-corrected chi connectivity index (χ4v) is 2.64. The largest absolute Gasteiger partial charge is 0.482 e. The second-order valence-corrected chi connectivity index (χ2v) is 5.71. The molecule has 0 aliphatic carbocycles. The van der Waals surface area contributed by atoms with Crippen molar-refractivity contribution in [2.75, 3.05) is 18.5 Å². The molecule has 0 bridgehead atoms. The first-order valence-corrected chi connectivity index (χ1v) is 7.81. The fourth-order valence-electron chi connectivity index (χ4n) is 2.64. The van der Waals surface area contributed by atoms with Crippen LogP contribution in [0.3, 0.4) is 0 Å². The summed E-state index contributed by atoms with van der Waals surface area (Å²) in [5.74, 6) is 0.974. The normalized spacial score (nSPS) is 13.0. The zero-order valence-corrected chi connectivity index (χ0v) is 13.6. The topological polar surface area (TPSA) is 93.5 Å². The van der Waals surface area contributed by atoms with Gasteiger partial charge in [-0.2, -0.15) is 0 Å². The van der Waals surface area contributed by atoms with E-state index >= 15 is 0 Å². The van der Waals surface area contributed by atoms with E-state index in [0.717, 1.165) is 29.9 Å². The van der Waals surface area contributed by atoms with Crippen LogP contribution >= 0.6 is 0 Å². The number of carbonyl (C=O) groups excluding carboxylic acids is 2. The van der Waals surface area contributed by atoms with Crippen LogP contribution in [0.5, 0.6) is 5.75 Å². The molecule has 1 aromatic carbocycles. The lowest BCUT2D eigenvalue weighted by Crippen LogP contribution is -2.27. The van der Waals surface area contributed by atoms with Crippen molar-refractivity contribution in [1.29, 1.82) is 0 Å². The lowest BCUT2D eigenvalue weighted by atomic mass is 10.1. The Morgan fingerprint density at radius 2 is 2.21 bits per heavy atom. The summed E-state index contributed by atoms with van der Waals surface area (Å²) in [5.41, 5.74) is 3.08. The van der Waals surface area contributed by atoms with Crippen LogP contribution in [0.1, 0.15) is 33.8 Å². The van der Waals surface area contributed by atoms with E-state index in [4.69, 9.17) is 9.26 Å². The van der Waals surface area contributed by atoms with Crippen molar-refractivity contribution < 1.29 is 18.8 Å². The van der Waals surface area contributed by atoms with Gasteiger partial charge in [-0.3, -0.25) is 9.59 Å². The van der Waals surface area contributed by atoms with Crippen LogP contribution in [0, 0.1) is 13.8 Å². The van der Waals surface area contributed by atoms with Gasteiger partial charge in [-0.25, -0.2) is 0 Å². The third-order valence-corrected chi connectivity index (χ3v) is 3.95. The second kappa shape index (κ2) is 6.74. The van der Waals surface area contributed by atoms with Crippen LogP contribution < -0.4 is 15.4 Å². The van der Waals surface area contributed by atoms with Crippen LogP contribution in [0.2, 0.25) is 0 Å². The van der Waals surface area contributed by atoms with Crippen LogP contribution in [-0.2, 0) is 11.2 Å². The van der Waals surface area contributed by atoms with Crippen molar-refractivity contribution in [2.45, 2.75) is 26.7 Å². The van der Waals surface area contributed by atoms with E-state index in [1.165, 1.54) is 0 Å². The molecule has 7 heteroatoms. The zero-order valence-electron chi connectivity index (χ0n) is 13.6. The summed E-state index contributed by atoms with van der Waals surface area (Å²) in [6.45, 7) is 4.32. The molecule has 0 unspecified atom stereocenters. The Labute approximate surface area is 139 Å². The number of rotatable bonds is 5. The minimum atomic E-state index is -0.195. The van der Waals surface area contributed by atoms with E-state index in [0.29, 0.717) is 23.5 Å². The van der Waals surface area contributed by atoms with Gasteiger partial charge < -0.3 is 19.9 Å². The molecule has 2 heterocycles. The zero-order chi connectivity index (χ0) is 17.1. The molecule has 0 spiro atoms. The first kappa shape index (κ1) is 16.0. The summed E-state index contributed by atoms with van der Waals surface area (Å²) < 4.78 is 10.4. The highest BCUT2D eigenvalue weighted by molar-refractivity contribution is 5.98. The third-order valence-electron chi connectivity index (χ3n) is 3.95. The number of hydrogen-bond acceptors (Lipinski definition) is 5. The molecule has 0 atom stereocenters. The van der Waals surface area contributed by atoms with Gasteiger partial charge >= 0.3 is 0 Å². The number of aromatic nitrogens is 1. The molecular formula is C17H19N3O4. The van der Waals surface area contributed by atoms with E-state index in [2.05, 4.69) is 15.8 Å². The standard InChI is InChI=1S/C17H19N3O4/c1-10-13(11(2)24-20-10)4-3-7-18-17(22)12-5-6-14-15(8-12)23-9-16(21)19-14/h5-6,8H,3-4,7,9H2,1-2H3,(H,18,22)(H,19,21). The van der Waals surface area contributed by atoms with Crippen LogP contribution in [-0.4, -0.2) is 30.1 Å². The van der Waals surface area contributed by atoms with Gasteiger partial charge in [0.25, 0.3) is 11.8 Å². The molecule has 1 aromatic heterocycles. The Bertz CT molecular complexity index is 763.